The van der Waals surface area contributed by atoms with Gasteiger partial charge in [0.1, 0.15) is 18.2 Å². The van der Waals surface area contributed by atoms with Gasteiger partial charge in [0.2, 0.25) is 0 Å². The van der Waals surface area contributed by atoms with E-state index in [2.05, 4.69) is 0 Å². The lowest BCUT2D eigenvalue weighted by Crippen LogP contribution is -2.20. The summed E-state index contributed by atoms with van der Waals surface area (Å²) in [5.41, 5.74) is 1.49. The van der Waals surface area contributed by atoms with Crippen LogP contribution in [-0.4, -0.2) is 11.7 Å². The van der Waals surface area contributed by atoms with Gasteiger partial charge in [-0.15, -0.1) is 0 Å². The molecule has 0 aliphatic rings. The van der Waals surface area contributed by atoms with Crippen molar-refractivity contribution in [3.8, 4) is 0 Å². The summed E-state index contributed by atoms with van der Waals surface area (Å²) >= 11 is 0. The van der Waals surface area contributed by atoms with Crippen LogP contribution in [0.25, 0.3) is 0 Å². The molecule has 104 heavy (non-hydrogen) atoms. The van der Waals surface area contributed by atoms with Crippen LogP contribution >= 0.6 is 0 Å². The minimum atomic E-state index is -4.43. The topological polar surface area (TPSA) is 20.2 Å². The van der Waals surface area contributed by atoms with Gasteiger partial charge in [0.25, 0.3) is 18.8 Å². The van der Waals surface area contributed by atoms with E-state index in [1.165, 1.54) is 67.6 Å². The summed E-state index contributed by atoms with van der Waals surface area (Å²) in [6.45, 7) is 44.9. The highest BCUT2D eigenvalue weighted by atomic mass is 19.4. The first kappa shape index (κ1) is 97.1. The van der Waals surface area contributed by atoms with Gasteiger partial charge >= 0.3 is 24.7 Å². The molecular formula is C83H106F20O. The molecule has 0 spiro atoms. The molecule has 0 saturated heterocycles. The minimum Gasteiger partial charge on any atom is -0.390 e. The first-order valence-corrected chi connectivity index (χ1v) is 32.9. The third-order valence-corrected chi connectivity index (χ3v) is 15.8. The summed E-state index contributed by atoms with van der Waals surface area (Å²) in [5, 5.41) is 8.68. The van der Waals surface area contributed by atoms with Gasteiger partial charge in [-0.25, -0.2) is 26.3 Å². The Bertz CT molecular complexity index is 3590. The largest absolute Gasteiger partial charge is 0.416 e. The van der Waals surface area contributed by atoms with E-state index in [0.717, 1.165) is 58.1 Å². The van der Waals surface area contributed by atoms with E-state index in [4.69, 9.17) is 5.11 Å². The molecule has 7 aromatic carbocycles. The molecule has 0 bridgehead atoms. The lowest BCUT2D eigenvalue weighted by molar-refractivity contribution is -0.138. The number of aryl methyl sites for hydroxylation is 3. The van der Waals surface area contributed by atoms with Crippen molar-refractivity contribution in [1.82, 2.24) is 0 Å². The number of aliphatic hydroxyl groups excluding tert-OH is 1. The normalized spacial score (nSPS) is 12.7. The number of hydrogen-bond donors (Lipinski definition) is 1. The summed E-state index contributed by atoms with van der Waals surface area (Å²) in [6, 6.07) is 30.9. The second-order valence-corrected chi connectivity index (χ2v) is 32.4. The molecule has 0 saturated carbocycles. The Labute approximate surface area is 604 Å². The third kappa shape index (κ3) is 31.3. The zero-order valence-electron chi connectivity index (χ0n) is 63.6. The van der Waals surface area contributed by atoms with Crippen LogP contribution in [0.1, 0.15) is 266 Å². The molecule has 1 nitrogen and oxygen atoms in total. The zero-order valence-corrected chi connectivity index (χ0v) is 63.6. The maximum absolute atomic E-state index is 13.7. The quantitative estimate of drug-likeness (QED) is 0.174. The van der Waals surface area contributed by atoms with Crippen molar-refractivity contribution >= 4 is 0 Å². The Hall–Kier alpha value is -6.90. The molecule has 7 aromatic rings. The molecule has 584 valence electrons. The fourth-order valence-corrected chi connectivity index (χ4v) is 9.70. The second kappa shape index (κ2) is 36.6. The van der Waals surface area contributed by atoms with Crippen molar-refractivity contribution in [2.45, 2.75) is 262 Å². The van der Waals surface area contributed by atoms with Gasteiger partial charge < -0.3 is 5.11 Å². The number of halogens is 20. The van der Waals surface area contributed by atoms with E-state index in [9.17, 15) is 87.8 Å². The van der Waals surface area contributed by atoms with Gasteiger partial charge in [-0.2, -0.15) is 61.5 Å². The number of aliphatic hydroxyl groups is 1. The molecule has 0 aromatic heterocycles. The van der Waals surface area contributed by atoms with Crippen LogP contribution in [0, 0.1) is 39.3 Å². The molecule has 0 amide bonds. The van der Waals surface area contributed by atoms with Crippen LogP contribution < -0.4 is 0 Å². The Morgan fingerprint density at radius 3 is 0.885 bits per heavy atom. The molecule has 0 aliphatic heterocycles. The van der Waals surface area contributed by atoms with Gasteiger partial charge in [0.15, 0.2) is 0 Å². The maximum Gasteiger partial charge on any atom is 0.416 e. The lowest BCUT2D eigenvalue weighted by Gasteiger charge is -2.23. The summed E-state index contributed by atoms with van der Waals surface area (Å²) in [7, 11) is 0. The molecule has 0 atom stereocenters. The number of hydrogen-bond acceptors (Lipinski definition) is 1. The zero-order chi connectivity index (χ0) is 81.0. The van der Waals surface area contributed by atoms with E-state index in [-0.39, 0.29) is 56.8 Å². The molecule has 0 heterocycles. The summed E-state index contributed by atoms with van der Waals surface area (Å²) in [5.74, 6) is -4.50. The van der Waals surface area contributed by atoms with Gasteiger partial charge in [0.05, 0.1) is 27.8 Å². The fraction of sp³-hybridized carbons (Fsp3) is 0.494. The SMILES string of the molecule is C.CC(C)(C)c1cccc(C(F)(F)F)c1.CC(C)(C)c1cccc(C(F)(F)F)c1.CC(C)(C)c1cccc(C(F)F)c1F.Cc1c(C(F)F)cccc1C(C)(C)C.Cc1cc(C(C)(C)C)cc(C(F)(F)CO)c1.Cc1cc(C(C)(C)C)cc(C(F)(F)F)c1.Cc1cc(C(F)(F)F)cc(C(C)(C)C)c1F. The molecule has 0 fully saturated rings. The average molecular weight is 1500 g/mol. The van der Waals surface area contributed by atoms with Crippen LogP contribution in [0.4, 0.5) is 87.8 Å². The van der Waals surface area contributed by atoms with Gasteiger partial charge in [-0.3, -0.25) is 0 Å². The molecular weight excluding hydrogens is 1390 g/mol. The van der Waals surface area contributed by atoms with Gasteiger partial charge in [-0.1, -0.05) is 255 Å². The van der Waals surface area contributed by atoms with Crippen LogP contribution in [0.2, 0.25) is 0 Å². The van der Waals surface area contributed by atoms with Crippen molar-refractivity contribution in [3.63, 3.8) is 0 Å². The highest BCUT2D eigenvalue weighted by Gasteiger charge is 2.37. The van der Waals surface area contributed by atoms with Crippen molar-refractivity contribution in [2.24, 2.45) is 0 Å². The molecule has 1 N–H and O–H groups in total. The van der Waals surface area contributed by atoms with E-state index >= 15 is 0 Å². The van der Waals surface area contributed by atoms with Crippen molar-refractivity contribution in [1.29, 1.82) is 0 Å². The standard InChI is InChI=1S/C13H18F2O.C12H14F4.C12H15F3.C12H16F2.3C11H13F3.CH4/c1-9-5-10(12(2,3)4)7-11(6-9)13(14,15)8-16;1-7-5-8(12(14,15)16)6-9(10(7)13)11(2,3)4;1-8-5-9(11(2,3)4)7-10(6-8)12(13,14)15;1-8-9(11(13)14)6-5-7-10(8)12(2,3)4;2*1-10(2,3)8-5-4-6-9(7-8)11(12,13)14;1-11(2,3)8-6-4-5-7(9(8)12)10(13)14;/h5-7,16H,8H2,1-4H3;5-6H,1-4H3;5-7H,1-4H3;5-7,11H,1-4H3;2*4-7H,1-3H3;4-6,10H,1-3H3;1H4. The van der Waals surface area contributed by atoms with Crippen LogP contribution in [0.15, 0.2) is 133 Å². The Balaban J connectivity index is 0.00000119. The predicted octanol–water partition coefficient (Wildman–Crippen LogP) is 29.1. The van der Waals surface area contributed by atoms with Crippen molar-refractivity contribution in [3.05, 3.63) is 245 Å². The Morgan fingerprint density at radius 1 is 0.288 bits per heavy atom. The van der Waals surface area contributed by atoms with Crippen LogP contribution in [-0.2, 0) is 68.5 Å². The Morgan fingerprint density at radius 2 is 0.567 bits per heavy atom. The second-order valence-electron chi connectivity index (χ2n) is 32.4. The highest BCUT2D eigenvalue weighted by molar-refractivity contribution is 5.41. The maximum atomic E-state index is 13.7. The fourth-order valence-electron chi connectivity index (χ4n) is 9.70. The highest BCUT2D eigenvalue weighted by Crippen LogP contribution is 2.40. The van der Waals surface area contributed by atoms with E-state index in [0.29, 0.717) is 22.3 Å². The molecule has 0 aliphatic carbocycles. The lowest BCUT2D eigenvalue weighted by atomic mass is 9.83. The molecule has 21 heteroatoms. The summed E-state index contributed by atoms with van der Waals surface area (Å²) < 4.78 is 253. The Kier molecular flexibility index (Phi) is 34.2. The monoisotopic (exact) mass is 1500 g/mol. The third-order valence-electron chi connectivity index (χ3n) is 15.8. The first-order chi connectivity index (χ1) is 45.9. The summed E-state index contributed by atoms with van der Waals surface area (Å²) in [6.07, 6.45) is -22.3. The van der Waals surface area contributed by atoms with Gasteiger partial charge in [0, 0.05) is 11.1 Å². The predicted molar refractivity (Wildman–Crippen MR) is 382 cm³/mol. The van der Waals surface area contributed by atoms with Crippen LogP contribution in [0.5, 0.6) is 0 Å². The number of rotatable bonds is 4. The molecule has 0 radical (unpaired) electrons. The minimum absolute atomic E-state index is 0. The van der Waals surface area contributed by atoms with Crippen molar-refractivity contribution < 1.29 is 92.9 Å². The summed E-state index contributed by atoms with van der Waals surface area (Å²) in [4.78, 5) is 0. The van der Waals surface area contributed by atoms with Gasteiger partial charge in [-0.05, 0) is 158 Å². The van der Waals surface area contributed by atoms with Crippen molar-refractivity contribution in [2.75, 3.05) is 6.61 Å². The molecule has 0 unspecified atom stereocenters. The average Bonchev–Trinajstić information content (AvgIpc) is 0.825. The molecule has 7 rings (SSSR count). The number of alkyl halides is 18. The van der Waals surface area contributed by atoms with E-state index < -0.39 is 100 Å². The number of benzene rings is 7. The smallest absolute Gasteiger partial charge is 0.390 e. The van der Waals surface area contributed by atoms with E-state index in [1.54, 1.807) is 92.6 Å². The van der Waals surface area contributed by atoms with Crippen LogP contribution in [0.3, 0.4) is 0 Å². The first-order valence-electron chi connectivity index (χ1n) is 32.9. The van der Waals surface area contributed by atoms with E-state index in [1.807, 2.05) is 116 Å².